The van der Waals surface area contributed by atoms with E-state index < -0.39 is 18.2 Å². The standard InChI is InChI=1S/C26H27ClN4O5/c1-33-22-8-4-6-17(24(22)34-2)23-18-14-16(27)9-10-19(18)31-13-5-7-20(31)21(36-23)11-12-29-25(30-15-28)26(32)35-3/h4-10,13-15,21,23H,11-12H2,1-3H3,(H2,28,29,30)/t21-,23-/m1/s1. The number of amidine groups is 1. The molecule has 36 heavy (non-hydrogen) atoms. The lowest BCUT2D eigenvalue weighted by atomic mass is 9.98. The van der Waals surface area contributed by atoms with Gasteiger partial charge in [-0.2, -0.15) is 0 Å². The summed E-state index contributed by atoms with van der Waals surface area (Å²) >= 11 is 6.44. The summed E-state index contributed by atoms with van der Waals surface area (Å²) in [5, 5.41) is 0.586. The number of esters is 1. The first-order valence-corrected chi connectivity index (χ1v) is 11.6. The number of para-hydroxylation sites is 1. The van der Waals surface area contributed by atoms with Gasteiger partial charge in [-0.1, -0.05) is 23.7 Å². The van der Waals surface area contributed by atoms with Crippen LogP contribution in [0.25, 0.3) is 5.69 Å². The molecule has 0 fully saturated rings. The van der Waals surface area contributed by atoms with Gasteiger partial charge in [0.15, 0.2) is 11.5 Å². The molecule has 0 spiro atoms. The van der Waals surface area contributed by atoms with Gasteiger partial charge in [-0.05, 0) is 42.8 Å². The molecule has 0 saturated carbocycles. The first-order valence-electron chi connectivity index (χ1n) is 11.2. The fourth-order valence-corrected chi connectivity index (χ4v) is 4.50. The molecule has 0 radical (unpaired) electrons. The van der Waals surface area contributed by atoms with Crippen molar-refractivity contribution in [3.8, 4) is 17.2 Å². The summed E-state index contributed by atoms with van der Waals surface area (Å²) in [6.07, 6.45) is 2.52. The average Bonchev–Trinajstić information content (AvgIpc) is 3.34. The molecule has 0 bridgehead atoms. The Labute approximate surface area is 214 Å². The molecule has 2 N–H and O–H groups in total. The summed E-state index contributed by atoms with van der Waals surface area (Å²) < 4.78 is 24.8. The maximum absolute atomic E-state index is 11.9. The third-order valence-corrected chi connectivity index (χ3v) is 6.11. The van der Waals surface area contributed by atoms with Gasteiger partial charge in [-0.15, -0.1) is 0 Å². The van der Waals surface area contributed by atoms with E-state index in [9.17, 15) is 4.79 Å². The van der Waals surface area contributed by atoms with Crippen molar-refractivity contribution in [3.05, 3.63) is 76.6 Å². The average molecular weight is 511 g/mol. The summed E-state index contributed by atoms with van der Waals surface area (Å²) in [6.45, 7) is 0.247. The summed E-state index contributed by atoms with van der Waals surface area (Å²) in [4.78, 5) is 20.1. The number of carbonyl (C=O) groups is 1. The molecule has 1 aliphatic heterocycles. The van der Waals surface area contributed by atoms with E-state index in [0.717, 1.165) is 28.8 Å². The second-order valence-electron chi connectivity index (χ2n) is 7.86. The van der Waals surface area contributed by atoms with Crippen LogP contribution in [0.2, 0.25) is 5.02 Å². The van der Waals surface area contributed by atoms with Gasteiger partial charge in [0, 0.05) is 28.9 Å². The highest BCUT2D eigenvalue weighted by Gasteiger charge is 2.32. The van der Waals surface area contributed by atoms with E-state index in [1.165, 1.54) is 7.11 Å². The number of benzene rings is 2. The topological polar surface area (TPSA) is 110 Å². The van der Waals surface area contributed by atoms with Crippen LogP contribution in [-0.2, 0) is 14.3 Å². The highest BCUT2D eigenvalue weighted by molar-refractivity contribution is 6.36. The predicted molar refractivity (Wildman–Crippen MR) is 138 cm³/mol. The number of nitrogens with two attached hydrogens (primary N) is 1. The summed E-state index contributed by atoms with van der Waals surface area (Å²) in [5.74, 6) is 0.395. The Kier molecular flexibility index (Phi) is 7.92. The smallest absolute Gasteiger partial charge is 0.375 e. The van der Waals surface area contributed by atoms with Gasteiger partial charge in [0.1, 0.15) is 12.2 Å². The molecule has 2 aromatic carbocycles. The monoisotopic (exact) mass is 510 g/mol. The molecule has 2 heterocycles. The Morgan fingerprint density at radius 1 is 1.14 bits per heavy atom. The van der Waals surface area contributed by atoms with Crippen LogP contribution in [0.5, 0.6) is 11.5 Å². The Hall–Kier alpha value is -3.82. The maximum Gasteiger partial charge on any atom is 0.375 e. The number of nitrogens with zero attached hydrogens (tertiary/aromatic N) is 3. The molecule has 1 aromatic heterocycles. The lowest BCUT2D eigenvalue weighted by Crippen LogP contribution is -2.17. The van der Waals surface area contributed by atoms with E-state index in [1.807, 2.05) is 54.7 Å². The predicted octanol–water partition coefficient (Wildman–Crippen LogP) is 4.26. The van der Waals surface area contributed by atoms with E-state index in [4.69, 9.17) is 36.3 Å². The molecule has 2 atom stereocenters. The minimum absolute atomic E-state index is 0.106. The fourth-order valence-electron chi connectivity index (χ4n) is 4.32. The van der Waals surface area contributed by atoms with Gasteiger partial charge in [-0.25, -0.2) is 9.79 Å². The molecule has 0 aliphatic carbocycles. The van der Waals surface area contributed by atoms with E-state index in [2.05, 4.69) is 14.6 Å². The first-order chi connectivity index (χ1) is 17.5. The van der Waals surface area contributed by atoms with Crippen molar-refractivity contribution >= 4 is 29.7 Å². The van der Waals surface area contributed by atoms with Crippen LogP contribution in [0.1, 0.15) is 35.4 Å². The number of fused-ring (bicyclic) bond motifs is 3. The van der Waals surface area contributed by atoms with Crippen LogP contribution in [0, 0.1) is 0 Å². The second kappa shape index (κ2) is 11.3. The number of aliphatic imine (C=N–C) groups is 2. The van der Waals surface area contributed by atoms with Crippen LogP contribution < -0.4 is 15.2 Å². The van der Waals surface area contributed by atoms with E-state index in [1.54, 1.807) is 14.2 Å². The molecule has 188 valence electrons. The normalized spacial score (nSPS) is 17.3. The largest absolute Gasteiger partial charge is 0.493 e. The third kappa shape index (κ3) is 4.93. The molecule has 10 heteroatoms. The van der Waals surface area contributed by atoms with E-state index in [0.29, 0.717) is 22.9 Å². The SMILES string of the molecule is COC(=O)C(N=CN)=NCC[C@H]1O[C@H](c2cccc(OC)c2OC)c2cc(Cl)ccc2-n2cccc21. The molecule has 4 rings (SSSR count). The highest BCUT2D eigenvalue weighted by Crippen LogP contribution is 2.46. The molecule has 0 amide bonds. The zero-order valence-corrected chi connectivity index (χ0v) is 20.9. The number of methoxy groups -OCH3 is 3. The Morgan fingerprint density at radius 3 is 2.69 bits per heavy atom. The van der Waals surface area contributed by atoms with Gasteiger partial charge in [-0.3, -0.25) is 4.99 Å². The van der Waals surface area contributed by atoms with Crippen LogP contribution in [0.15, 0.2) is 64.7 Å². The zero-order chi connectivity index (χ0) is 25.7. The first kappa shape index (κ1) is 25.3. The van der Waals surface area contributed by atoms with Gasteiger partial charge < -0.3 is 29.2 Å². The van der Waals surface area contributed by atoms with E-state index in [-0.39, 0.29) is 12.4 Å². The zero-order valence-electron chi connectivity index (χ0n) is 20.2. The number of aromatic nitrogens is 1. The molecule has 1 aliphatic rings. The Bertz CT molecular complexity index is 1300. The molecular weight excluding hydrogens is 484 g/mol. The summed E-state index contributed by atoms with van der Waals surface area (Å²) in [7, 11) is 4.45. The van der Waals surface area contributed by atoms with Crippen molar-refractivity contribution in [2.75, 3.05) is 27.9 Å². The summed E-state index contributed by atoms with van der Waals surface area (Å²) in [6, 6.07) is 15.3. The number of carbonyl (C=O) groups excluding carboxylic acids is 1. The van der Waals surface area contributed by atoms with Crippen molar-refractivity contribution in [2.24, 2.45) is 15.7 Å². The van der Waals surface area contributed by atoms with Crippen LogP contribution in [-0.4, -0.2) is 50.6 Å². The lowest BCUT2D eigenvalue weighted by molar-refractivity contribution is -0.132. The second-order valence-corrected chi connectivity index (χ2v) is 8.29. The minimum Gasteiger partial charge on any atom is -0.493 e. The van der Waals surface area contributed by atoms with Gasteiger partial charge in [0.25, 0.3) is 0 Å². The molecule has 9 nitrogen and oxygen atoms in total. The maximum atomic E-state index is 11.9. The lowest BCUT2D eigenvalue weighted by Gasteiger charge is -2.25. The van der Waals surface area contributed by atoms with Crippen molar-refractivity contribution in [1.82, 2.24) is 4.57 Å². The van der Waals surface area contributed by atoms with Gasteiger partial charge in [0.2, 0.25) is 5.84 Å². The van der Waals surface area contributed by atoms with Gasteiger partial charge >= 0.3 is 5.97 Å². The van der Waals surface area contributed by atoms with Crippen molar-refractivity contribution in [1.29, 1.82) is 0 Å². The number of halogens is 1. The van der Waals surface area contributed by atoms with Crippen molar-refractivity contribution < 1.29 is 23.7 Å². The minimum atomic E-state index is -0.664. The number of ether oxygens (including phenoxy) is 4. The van der Waals surface area contributed by atoms with Crippen molar-refractivity contribution in [2.45, 2.75) is 18.6 Å². The summed E-state index contributed by atoms with van der Waals surface area (Å²) in [5.41, 5.74) is 8.89. The van der Waals surface area contributed by atoms with E-state index >= 15 is 0 Å². The highest BCUT2D eigenvalue weighted by atomic mass is 35.5. The van der Waals surface area contributed by atoms with Crippen molar-refractivity contribution in [3.63, 3.8) is 0 Å². The number of hydrogen-bond acceptors (Lipinski definition) is 6. The fraction of sp³-hybridized carbons (Fsp3) is 0.269. The van der Waals surface area contributed by atoms with Crippen LogP contribution in [0.4, 0.5) is 0 Å². The third-order valence-electron chi connectivity index (χ3n) is 5.88. The van der Waals surface area contributed by atoms with Gasteiger partial charge in [0.05, 0.1) is 39.0 Å². The number of hydrogen-bond donors (Lipinski definition) is 1. The molecule has 3 aromatic rings. The van der Waals surface area contributed by atoms with Crippen LogP contribution in [0.3, 0.4) is 0 Å². The quantitative estimate of drug-likeness (QED) is 0.301. The number of rotatable bonds is 6. The Balaban J connectivity index is 1.79. The molecular formula is C26H27ClN4O5. The molecule has 0 unspecified atom stereocenters. The van der Waals surface area contributed by atoms with Crippen LogP contribution >= 0.6 is 11.6 Å². The molecule has 0 saturated heterocycles. The Morgan fingerprint density at radius 2 is 1.97 bits per heavy atom.